The van der Waals surface area contributed by atoms with Gasteiger partial charge in [-0.15, -0.1) is 6.42 Å². The van der Waals surface area contributed by atoms with Gasteiger partial charge in [0.25, 0.3) is 0 Å². The lowest BCUT2D eigenvalue weighted by atomic mass is 10.1. The van der Waals surface area contributed by atoms with Crippen LogP contribution in [0.25, 0.3) is 0 Å². The van der Waals surface area contributed by atoms with E-state index in [1.54, 1.807) is 6.07 Å². The lowest BCUT2D eigenvalue weighted by Gasteiger charge is -2.00. The van der Waals surface area contributed by atoms with Gasteiger partial charge in [0.2, 0.25) is 5.91 Å². The van der Waals surface area contributed by atoms with Gasteiger partial charge >= 0.3 is 0 Å². The van der Waals surface area contributed by atoms with Crippen LogP contribution in [0.3, 0.4) is 0 Å². The van der Waals surface area contributed by atoms with Gasteiger partial charge in [0.15, 0.2) is 0 Å². The Kier molecular flexibility index (Phi) is 1.86. The minimum Gasteiger partial charge on any atom is -0.366 e. The van der Waals surface area contributed by atoms with Crippen molar-refractivity contribution in [2.75, 3.05) is 5.32 Å². The first-order valence-corrected chi connectivity index (χ1v) is 4.22. The molecule has 4 nitrogen and oxygen atoms in total. The van der Waals surface area contributed by atoms with Crippen molar-refractivity contribution in [3.63, 3.8) is 0 Å². The number of nitrogens with two attached hydrogens (primary N) is 1. The van der Waals surface area contributed by atoms with E-state index in [0.29, 0.717) is 12.0 Å². The Hall–Kier alpha value is -2.02. The maximum Gasteiger partial charge on any atom is 0.250 e. The molecule has 1 atom stereocenters. The lowest BCUT2D eigenvalue weighted by Crippen LogP contribution is -2.11. The summed E-state index contributed by atoms with van der Waals surface area (Å²) in [5, 5.41) is 3.05. The van der Waals surface area contributed by atoms with Gasteiger partial charge in [-0.2, -0.15) is 0 Å². The second-order valence-electron chi connectivity index (χ2n) is 3.16. The van der Waals surface area contributed by atoms with Crippen LogP contribution in [0.1, 0.15) is 15.9 Å². The van der Waals surface area contributed by atoms with Crippen LogP contribution in [-0.4, -0.2) is 16.9 Å². The fourth-order valence-corrected chi connectivity index (χ4v) is 1.47. The van der Waals surface area contributed by atoms with E-state index in [2.05, 4.69) is 16.2 Å². The van der Waals surface area contributed by atoms with Crippen molar-refractivity contribution in [2.45, 2.75) is 12.5 Å². The number of pyridine rings is 1. The number of hydrogen-bond donors (Lipinski definition) is 2. The van der Waals surface area contributed by atoms with Crippen LogP contribution in [0.2, 0.25) is 0 Å². The SMILES string of the molecule is C#C[C@@H]1Cc2cc(C(N)=O)cnc2N1. The van der Waals surface area contributed by atoms with E-state index < -0.39 is 5.91 Å². The molecule has 1 aromatic heterocycles. The standard InChI is InChI=1S/C10H9N3O/c1-2-8-4-6-3-7(9(11)14)5-12-10(6)13-8/h1,3,5,8H,4H2,(H2,11,14)(H,12,13)/t8-/m1/s1. The molecular weight excluding hydrogens is 178 g/mol. The smallest absolute Gasteiger partial charge is 0.250 e. The first kappa shape index (κ1) is 8.57. The molecule has 14 heavy (non-hydrogen) atoms. The molecule has 0 saturated heterocycles. The molecule has 0 fully saturated rings. The Balaban J connectivity index is 2.36. The minimum absolute atomic E-state index is 0.0272. The first-order valence-electron chi connectivity index (χ1n) is 4.22. The predicted octanol–water partition coefficient (Wildman–Crippen LogP) is 0.150. The average molecular weight is 187 g/mol. The summed E-state index contributed by atoms with van der Waals surface area (Å²) in [6.07, 6.45) is 7.43. The van der Waals surface area contributed by atoms with Crippen LogP contribution >= 0.6 is 0 Å². The van der Waals surface area contributed by atoms with Crippen molar-refractivity contribution >= 4 is 11.7 Å². The van der Waals surface area contributed by atoms with Crippen molar-refractivity contribution in [1.82, 2.24) is 4.98 Å². The average Bonchev–Trinajstić information content (AvgIpc) is 2.58. The number of hydrogen-bond acceptors (Lipinski definition) is 3. The zero-order valence-electron chi connectivity index (χ0n) is 7.45. The summed E-state index contributed by atoms with van der Waals surface area (Å²) in [6.45, 7) is 0. The molecule has 0 aliphatic carbocycles. The van der Waals surface area contributed by atoms with Crippen molar-refractivity contribution in [3.8, 4) is 12.3 Å². The maximum atomic E-state index is 10.9. The Labute approximate surface area is 81.5 Å². The van der Waals surface area contributed by atoms with Crippen LogP contribution in [-0.2, 0) is 6.42 Å². The number of carbonyl (C=O) groups is 1. The number of nitrogens with zero attached hydrogens (tertiary/aromatic N) is 1. The van der Waals surface area contributed by atoms with E-state index in [-0.39, 0.29) is 6.04 Å². The highest BCUT2D eigenvalue weighted by molar-refractivity contribution is 5.93. The maximum absolute atomic E-state index is 10.9. The summed E-state index contributed by atoms with van der Waals surface area (Å²) in [5.74, 6) is 2.87. The van der Waals surface area contributed by atoms with E-state index in [0.717, 1.165) is 11.4 Å². The Morgan fingerprint density at radius 1 is 1.79 bits per heavy atom. The van der Waals surface area contributed by atoms with Crippen molar-refractivity contribution < 1.29 is 4.79 Å². The molecule has 0 aromatic carbocycles. The quantitative estimate of drug-likeness (QED) is 0.615. The molecule has 2 heterocycles. The number of aromatic nitrogens is 1. The van der Waals surface area contributed by atoms with Gasteiger partial charge in [-0.1, -0.05) is 5.92 Å². The number of nitrogens with one attached hydrogen (secondary N) is 1. The van der Waals surface area contributed by atoms with E-state index in [9.17, 15) is 4.79 Å². The number of anilines is 1. The van der Waals surface area contributed by atoms with Gasteiger partial charge in [-0.3, -0.25) is 4.79 Å². The molecule has 1 aromatic rings. The van der Waals surface area contributed by atoms with Crippen molar-refractivity contribution in [3.05, 3.63) is 23.4 Å². The summed E-state index contributed by atoms with van der Waals surface area (Å²) >= 11 is 0. The Bertz CT molecular complexity index is 433. The summed E-state index contributed by atoms with van der Waals surface area (Å²) in [6, 6.07) is 1.70. The van der Waals surface area contributed by atoms with E-state index in [1.807, 2.05) is 0 Å². The fourth-order valence-electron chi connectivity index (χ4n) is 1.47. The third-order valence-corrected chi connectivity index (χ3v) is 2.19. The van der Waals surface area contributed by atoms with Crippen LogP contribution in [0.5, 0.6) is 0 Å². The fraction of sp³-hybridized carbons (Fsp3) is 0.200. The topological polar surface area (TPSA) is 68.0 Å². The van der Waals surface area contributed by atoms with E-state index in [1.165, 1.54) is 6.20 Å². The number of carbonyl (C=O) groups excluding carboxylic acids is 1. The molecule has 0 bridgehead atoms. The van der Waals surface area contributed by atoms with E-state index >= 15 is 0 Å². The predicted molar refractivity (Wildman–Crippen MR) is 52.7 cm³/mol. The molecule has 2 rings (SSSR count). The van der Waals surface area contributed by atoms with Gasteiger partial charge in [0, 0.05) is 12.6 Å². The van der Waals surface area contributed by atoms with Crippen LogP contribution < -0.4 is 11.1 Å². The first-order chi connectivity index (χ1) is 6.70. The molecule has 3 N–H and O–H groups in total. The molecule has 0 saturated carbocycles. The zero-order chi connectivity index (χ0) is 10.1. The summed E-state index contributed by atoms with van der Waals surface area (Å²) in [5.41, 5.74) is 6.50. The molecule has 1 amide bonds. The molecule has 1 aliphatic rings. The number of amides is 1. The summed E-state index contributed by atoms with van der Waals surface area (Å²) < 4.78 is 0. The highest BCUT2D eigenvalue weighted by Gasteiger charge is 2.20. The number of rotatable bonds is 1. The molecule has 4 heteroatoms. The molecule has 0 unspecified atom stereocenters. The zero-order valence-corrected chi connectivity index (χ0v) is 7.45. The number of primary amides is 1. The molecule has 1 aliphatic heterocycles. The van der Waals surface area contributed by atoms with Gasteiger partial charge in [-0.05, 0) is 11.6 Å². The van der Waals surface area contributed by atoms with E-state index in [4.69, 9.17) is 12.2 Å². The second kappa shape index (κ2) is 3.04. The molecular formula is C10H9N3O. The van der Waals surface area contributed by atoms with Crippen LogP contribution in [0.4, 0.5) is 5.82 Å². The van der Waals surface area contributed by atoms with Gasteiger partial charge < -0.3 is 11.1 Å². The van der Waals surface area contributed by atoms with Crippen molar-refractivity contribution in [1.29, 1.82) is 0 Å². The highest BCUT2D eigenvalue weighted by Crippen LogP contribution is 2.23. The normalized spacial score (nSPS) is 18.1. The van der Waals surface area contributed by atoms with Crippen LogP contribution in [0.15, 0.2) is 12.3 Å². The number of terminal acetylenes is 1. The number of fused-ring (bicyclic) bond motifs is 1. The largest absolute Gasteiger partial charge is 0.366 e. The summed E-state index contributed by atoms with van der Waals surface area (Å²) in [4.78, 5) is 14.9. The Morgan fingerprint density at radius 3 is 3.21 bits per heavy atom. The molecule has 0 spiro atoms. The molecule has 0 radical (unpaired) electrons. The third-order valence-electron chi connectivity index (χ3n) is 2.19. The second-order valence-corrected chi connectivity index (χ2v) is 3.16. The molecule has 70 valence electrons. The van der Waals surface area contributed by atoms with Crippen molar-refractivity contribution in [2.24, 2.45) is 5.73 Å². The van der Waals surface area contributed by atoms with Crippen LogP contribution in [0, 0.1) is 12.3 Å². The third kappa shape index (κ3) is 1.29. The highest BCUT2D eigenvalue weighted by atomic mass is 16.1. The lowest BCUT2D eigenvalue weighted by molar-refractivity contribution is 0.1000. The van der Waals surface area contributed by atoms with Gasteiger partial charge in [0.1, 0.15) is 5.82 Å². The summed E-state index contributed by atoms with van der Waals surface area (Å²) in [7, 11) is 0. The van der Waals surface area contributed by atoms with Gasteiger partial charge in [-0.25, -0.2) is 4.98 Å². The minimum atomic E-state index is -0.468. The van der Waals surface area contributed by atoms with Gasteiger partial charge in [0.05, 0.1) is 11.6 Å². The Morgan fingerprint density at radius 2 is 2.57 bits per heavy atom. The monoisotopic (exact) mass is 187 g/mol.